The molecule has 1 saturated heterocycles. The summed E-state index contributed by atoms with van der Waals surface area (Å²) in [6.07, 6.45) is 1.81. The predicted octanol–water partition coefficient (Wildman–Crippen LogP) is 3.00. The minimum absolute atomic E-state index is 0. The van der Waals surface area contributed by atoms with Crippen molar-refractivity contribution in [2.75, 3.05) is 44.2 Å². The van der Waals surface area contributed by atoms with Crippen molar-refractivity contribution in [3.63, 3.8) is 0 Å². The third-order valence-electron chi connectivity index (χ3n) is 3.29. The van der Waals surface area contributed by atoms with Gasteiger partial charge in [0.05, 0.1) is 18.9 Å². The van der Waals surface area contributed by atoms with E-state index in [-0.39, 0.29) is 13.2 Å². The number of piperazine rings is 1. The van der Waals surface area contributed by atoms with Crippen LogP contribution in [0.1, 0.15) is 35.1 Å². The number of nitrogens with zero attached hydrogens (tertiary/aromatic N) is 3. The molecular formula is C17H33N3O2. The Morgan fingerprint density at radius 3 is 2.32 bits per heavy atom. The average molecular weight is 311 g/mol. The molecule has 0 bridgehead atoms. The number of aromatic nitrogens is 1. The molecule has 0 spiro atoms. The van der Waals surface area contributed by atoms with Gasteiger partial charge in [0.15, 0.2) is 0 Å². The Morgan fingerprint density at radius 2 is 1.82 bits per heavy atom. The number of anilines is 1. The molecule has 0 atom stereocenters. The van der Waals surface area contributed by atoms with Crippen LogP contribution in [0.15, 0.2) is 18.3 Å². The van der Waals surface area contributed by atoms with E-state index in [1.165, 1.54) is 6.20 Å². The molecule has 1 aliphatic rings. The standard InChI is InChI=1S/C14H23N3O2.C2H6.CH4/c1-12(2)19-10-9-16-5-7-17(8-6-16)14-4-3-13(18)11-15-14;1-2;/h3-4,11-12,18H,5-10H2,1-2H3;1-2H3;1H4. The predicted molar refractivity (Wildman–Crippen MR) is 93.7 cm³/mol. The van der Waals surface area contributed by atoms with E-state index in [0.717, 1.165) is 45.1 Å². The molecule has 128 valence electrons. The average Bonchev–Trinajstić information content (AvgIpc) is 2.50. The highest BCUT2D eigenvalue weighted by atomic mass is 16.5. The minimum Gasteiger partial charge on any atom is -0.506 e. The maximum atomic E-state index is 9.24. The first-order valence-electron chi connectivity index (χ1n) is 7.89. The fraction of sp³-hybridized carbons (Fsp3) is 0.706. The largest absolute Gasteiger partial charge is 0.506 e. The summed E-state index contributed by atoms with van der Waals surface area (Å²) in [5.41, 5.74) is 0. The molecule has 2 rings (SSSR count). The Balaban J connectivity index is 0.00000141. The van der Waals surface area contributed by atoms with Gasteiger partial charge in [-0.3, -0.25) is 4.90 Å². The lowest BCUT2D eigenvalue weighted by Gasteiger charge is -2.35. The van der Waals surface area contributed by atoms with E-state index >= 15 is 0 Å². The van der Waals surface area contributed by atoms with E-state index in [9.17, 15) is 5.11 Å². The molecule has 1 aromatic rings. The Labute approximate surface area is 135 Å². The molecule has 1 fully saturated rings. The van der Waals surface area contributed by atoms with Crippen molar-refractivity contribution in [1.29, 1.82) is 0 Å². The highest BCUT2D eigenvalue weighted by molar-refractivity contribution is 5.40. The third kappa shape index (κ3) is 7.09. The maximum absolute atomic E-state index is 9.24. The number of aromatic hydroxyl groups is 1. The SMILES string of the molecule is C.CC.CC(C)OCCN1CCN(c2ccc(O)cn2)CC1. The van der Waals surface area contributed by atoms with Gasteiger partial charge in [-0.1, -0.05) is 21.3 Å². The van der Waals surface area contributed by atoms with E-state index in [1.807, 2.05) is 19.9 Å². The molecule has 0 saturated carbocycles. The molecule has 1 N–H and O–H groups in total. The topological polar surface area (TPSA) is 48.8 Å². The third-order valence-corrected chi connectivity index (χ3v) is 3.29. The van der Waals surface area contributed by atoms with E-state index in [2.05, 4.69) is 28.6 Å². The van der Waals surface area contributed by atoms with Gasteiger partial charge >= 0.3 is 0 Å². The molecule has 0 unspecified atom stereocenters. The Kier molecular flexibility index (Phi) is 10.6. The molecular weight excluding hydrogens is 278 g/mol. The molecule has 5 nitrogen and oxygen atoms in total. The summed E-state index contributed by atoms with van der Waals surface area (Å²) in [6.45, 7) is 13.9. The summed E-state index contributed by atoms with van der Waals surface area (Å²) >= 11 is 0. The first-order valence-corrected chi connectivity index (χ1v) is 7.89. The van der Waals surface area contributed by atoms with Crippen molar-refractivity contribution >= 4 is 5.82 Å². The van der Waals surface area contributed by atoms with Crippen LogP contribution in [0.4, 0.5) is 5.82 Å². The van der Waals surface area contributed by atoms with Crippen molar-refractivity contribution in [3.8, 4) is 5.75 Å². The van der Waals surface area contributed by atoms with Crippen molar-refractivity contribution in [1.82, 2.24) is 9.88 Å². The van der Waals surface area contributed by atoms with Gasteiger partial charge in [0, 0.05) is 32.7 Å². The molecule has 1 aliphatic heterocycles. The lowest BCUT2D eigenvalue weighted by atomic mass is 10.3. The molecule has 2 heterocycles. The zero-order valence-electron chi connectivity index (χ0n) is 13.7. The lowest BCUT2D eigenvalue weighted by Crippen LogP contribution is -2.47. The summed E-state index contributed by atoms with van der Waals surface area (Å²) in [7, 11) is 0. The fourth-order valence-corrected chi connectivity index (χ4v) is 2.18. The van der Waals surface area contributed by atoms with Crippen LogP contribution >= 0.6 is 0 Å². The highest BCUT2D eigenvalue weighted by Crippen LogP contribution is 2.16. The smallest absolute Gasteiger partial charge is 0.134 e. The van der Waals surface area contributed by atoms with Crippen LogP contribution in [0.25, 0.3) is 0 Å². The van der Waals surface area contributed by atoms with Gasteiger partial charge < -0.3 is 14.7 Å². The van der Waals surface area contributed by atoms with Crippen LogP contribution in [0, 0.1) is 0 Å². The summed E-state index contributed by atoms with van der Waals surface area (Å²) in [5, 5.41) is 9.24. The lowest BCUT2D eigenvalue weighted by molar-refractivity contribution is 0.0578. The molecule has 5 heteroatoms. The second kappa shape index (κ2) is 11.3. The summed E-state index contributed by atoms with van der Waals surface area (Å²) in [4.78, 5) is 8.91. The van der Waals surface area contributed by atoms with Crippen LogP contribution in [-0.2, 0) is 4.74 Å². The minimum atomic E-state index is 0. The van der Waals surface area contributed by atoms with Gasteiger partial charge in [-0.15, -0.1) is 0 Å². The van der Waals surface area contributed by atoms with E-state index in [0.29, 0.717) is 6.10 Å². The van der Waals surface area contributed by atoms with Gasteiger partial charge in [0.25, 0.3) is 0 Å². The molecule has 1 aromatic heterocycles. The quantitative estimate of drug-likeness (QED) is 0.906. The number of rotatable bonds is 5. The van der Waals surface area contributed by atoms with Crippen LogP contribution < -0.4 is 4.90 Å². The number of hydrogen-bond acceptors (Lipinski definition) is 5. The summed E-state index contributed by atoms with van der Waals surface area (Å²) < 4.78 is 5.57. The Hall–Kier alpha value is -1.33. The van der Waals surface area contributed by atoms with Crippen molar-refractivity contribution < 1.29 is 9.84 Å². The summed E-state index contributed by atoms with van der Waals surface area (Å²) in [5.74, 6) is 1.16. The monoisotopic (exact) mass is 311 g/mol. The van der Waals surface area contributed by atoms with Gasteiger partial charge in [0.1, 0.15) is 11.6 Å². The first-order chi connectivity index (χ1) is 10.1. The van der Waals surface area contributed by atoms with Crippen molar-refractivity contribution in [2.24, 2.45) is 0 Å². The van der Waals surface area contributed by atoms with Gasteiger partial charge in [0.2, 0.25) is 0 Å². The van der Waals surface area contributed by atoms with Crippen LogP contribution in [0.5, 0.6) is 5.75 Å². The van der Waals surface area contributed by atoms with Gasteiger partial charge in [-0.05, 0) is 26.0 Å². The second-order valence-electron chi connectivity index (χ2n) is 5.12. The molecule has 0 radical (unpaired) electrons. The van der Waals surface area contributed by atoms with Gasteiger partial charge in [-0.2, -0.15) is 0 Å². The summed E-state index contributed by atoms with van der Waals surface area (Å²) in [6, 6.07) is 3.55. The van der Waals surface area contributed by atoms with Crippen molar-refractivity contribution in [3.05, 3.63) is 18.3 Å². The Morgan fingerprint density at radius 1 is 1.18 bits per heavy atom. The number of pyridine rings is 1. The van der Waals surface area contributed by atoms with Crippen LogP contribution in [0.3, 0.4) is 0 Å². The molecule has 22 heavy (non-hydrogen) atoms. The van der Waals surface area contributed by atoms with Gasteiger partial charge in [-0.25, -0.2) is 4.98 Å². The normalized spacial score (nSPS) is 15.0. The zero-order valence-corrected chi connectivity index (χ0v) is 13.7. The van der Waals surface area contributed by atoms with Crippen LogP contribution in [0.2, 0.25) is 0 Å². The molecule has 0 aromatic carbocycles. The first kappa shape index (κ1) is 20.7. The highest BCUT2D eigenvalue weighted by Gasteiger charge is 2.17. The molecule has 0 aliphatic carbocycles. The van der Waals surface area contributed by atoms with E-state index in [4.69, 9.17) is 4.74 Å². The second-order valence-corrected chi connectivity index (χ2v) is 5.12. The zero-order chi connectivity index (χ0) is 15.7. The number of hydrogen-bond donors (Lipinski definition) is 1. The van der Waals surface area contributed by atoms with Crippen LogP contribution in [-0.4, -0.2) is 60.4 Å². The number of ether oxygens (including phenoxy) is 1. The van der Waals surface area contributed by atoms with E-state index in [1.54, 1.807) is 6.07 Å². The maximum Gasteiger partial charge on any atom is 0.134 e. The van der Waals surface area contributed by atoms with E-state index < -0.39 is 0 Å². The van der Waals surface area contributed by atoms with Crippen molar-refractivity contribution in [2.45, 2.75) is 41.2 Å². The fourth-order valence-electron chi connectivity index (χ4n) is 2.18. The Bertz CT molecular complexity index is 374. The molecule has 0 amide bonds.